The minimum atomic E-state index is -3.67. The second-order valence-electron chi connectivity index (χ2n) is 9.96. The summed E-state index contributed by atoms with van der Waals surface area (Å²) in [6.07, 6.45) is 7.75. The standard InChI is InChI=1S/C25H37N3O5S/c29-24(27-13-7-8-21(19-27)25-32-16-17-33-25)20-9-10-22(26-11-3-1-4-12-26)23(18-20)34(30,31)28-14-5-2-6-15-28/h9-10,18,21,25H,1-8,11-17,19H2. The first-order valence-electron chi connectivity index (χ1n) is 13.0. The van der Waals surface area contributed by atoms with Crippen LogP contribution in [-0.2, 0) is 19.5 Å². The molecule has 0 aliphatic carbocycles. The monoisotopic (exact) mass is 491 g/mol. The van der Waals surface area contributed by atoms with Crippen LogP contribution in [0, 0.1) is 5.92 Å². The lowest BCUT2D eigenvalue weighted by Crippen LogP contribution is -2.44. The fraction of sp³-hybridized carbons (Fsp3) is 0.720. The van der Waals surface area contributed by atoms with Gasteiger partial charge < -0.3 is 19.3 Å². The van der Waals surface area contributed by atoms with Crippen LogP contribution in [0.15, 0.2) is 23.1 Å². The van der Waals surface area contributed by atoms with Crippen LogP contribution < -0.4 is 4.90 Å². The Morgan fingerprint density at radius 3 is 2.24 bits per heavy atom. The van der Waals surface area contributed by atoms with Gasteiger partial charge in [-0.25, -0.2) is 8.42 Å². The van der Waals surface area contributed by atoms with Crippen LogP contribution in [0.4, 0.5) is 5.69 Å². The highest BCUT2D eigenvalue weighted by Gasteiger charge is 2.35. The molecule has 1 aromatic carbocycles. The van der Waals surface area contributed by atoms with Gasteiger partial charge in [0, 0.05) is 50.7 Å². The first kappa shape index (κ1) is 24.0. The Morgan fingerprint density at radius 1 is 0.853 bits per heavy atom. The molecule has 0 bridgehead atoms. The van der Waals surface area contributed by atoms with Crippen molar-refractivity contribution in [2.75, 3.05) is 57.4 Å². The van der Waals surface area contributed by atoms with Gasteiger partial charge in [-0.3, -0.25) is 4.79 Å². The number of piperidine rings is 3. The molecule has 4 aliphatic rings. The number of nitrogens with zero attached hydrogens (tertiary/aromatic N) is 3. The third-order valence-electron chi connectivity index (χ3n) is 7.61. The SMILES string of the molecule is O=C(c1ccc(N2CCCCC2)c(S(=O)(=O)N2CCCCC2)c1)N1CCCC(C2OCCO2)C1. The Bertz CT molecular complexity index is 967. The number of hydrogen-bond donors (Lipinski definition) is 0. The Morgan fingerprint density at radius 2 is 1.53 bits per heavy atom. The number of ether oxygens (including phenoxy) is 2. The number of amides is 1. The average molecular weight is 492 g/mol. The average Bonchev–Trinajstić information content (AvgIpc) is 3.44. The van der Waals surface area contributed by atoms with Gasteiger partial charge in [-0.05, 0) is 63.1 Å². The summed E-state index contributed by atoms with van der Waals surface area (Å²) >= 11 is 0. The molecule has 9 heteroatoms. The van der Waals surface area contributed by atoms with Crippen LogP contribution in [0.2, 0.25) is 0 Å². The number of rotatable bonds is 5. The van der Waals surface area contributed by atoms with Crippen LogP contribution in [0.5, 0.6) is 0 Å². The van der Waals surface area contributed by atoms with E-state index < -0.39 is 10.0 Å². The minimum absolute atomic E-state index is 0.108. The van der Waals surface area contributed by atoms with E-state index in [0.29, 0.717) is 45.0 Å². The van der Waals surface area contributed by atoms with Gasteiger partial charge in [0.05, 0.1) is 18.9 Å². The molecule has 0 spiro atoms. The Hall–Kier alpha value is -1.68. The minimum Gasteiger partial charge on any atom is -0.370 e. The Balaban J connectivity index is 1.43. The van der Waals surface area contributed by atoms with Gasteiger partial charge in [0.2, 0.25) is 10.0 Å². The van der Waals surface area contributed by atoms with E-state index in [1.165, 1.54) is 6.42 Å². The number of benzene rings is 1. The molecule has 0 N–H and O–H groups in total. The summed E-state index contributed by atoms with van der Waals surface area (Å²) in [5, 5.41) is 0. The van der Waals surface area contributed by atoms with Crippen molar-refractivity contribution in [3.05, 3.63) is 23.8 Å². The molecule has 4 heterocycles. The summed E-state index contributed by atoms with van der Waals surface area (Å²) in [5.41, 5.74) is 1.19. The summed E-state index contributed by atoms with van der Waals surface area (Å²) in [6.45, 7) is 5.26. The largest absolute Gasteiger partial charge is 0.370 e. The van der Waals surface area contributed by atoms with Gasteiger partial charge in [0.15, 0.2) is 6.29 Å². The van der Waals surface area contributed by atoms with E-state index in [9.17, 15) is 13.2 Å². The number of likely N-dealkylation sites (tertiary alicyclic amines) is 1. The molecule has 4 saturated heterocycles. The molecular formula is C25H37N3O5S. The summed E-state index contributed by atoms with van der Waals surface area (Å²) < 4.78 is 40.5. The maximum atomic E-state index is 13.8. The highest BCUT2D eigenvalue weighted by Crippen LogP contribution is 2.33. The van der Waals surface area contributed by atoms with Crippen molar-refractivity contribution in [1.29, 1.82) is 0 Å². The summed E-state index contributed by atoms with van der Waals surface area (Å²) in [5.74, 6) is 0.0485. The highest BCUT2D eigenvalue weighted by atomic mass is 32.2. The van der Waals surface area contributed by atoms with Crippen LogP contribution >= 0.6 is 0 Å². The maximum Gasteiger partial charge on any atom is 0.253 e. The van der Waals surface area contributed by atoms with E-state index >= 15 is 0 Å². The third-order valence-corrected chi connectivity index (χ3v) is 9.54. The van der Waals surface area contributed by atoms with Gasteiger partial charge in [-0.15, -0.1) is 0 Å². The number of anilines is 1. The molecule has 0 aromatic heterocycles. The van der Waals surface area contributed by atoms with Crippen LogP contribution in [0.25, 0.3) is 0 Å². The van der Waals surface area contributed by atoms with Crippen molar-refractivity contribution in [2.45, 2.75) is 62.6 Å². The van der Waals surface area contributed by atoms with Crippen molar-refractivity contribution in [1.82, 2.24) is 9.21 Å². The molecule has 1 atom stereocenters. The Kier molecular flexibility index (Phi) is 7.44. The van der Waals surface area contributed by atoms with Crippen molar-refractivity contribution in [2.24, 2.45) is 5.92 Å². The van der Waals surface area contributed by atoms with E-state index in [1.807, 2.05) is 17.0 Å². The fourth-order valence-electron chi connectivity index (χ4n) is 5.74. The lowest BCUT2D eigenvalue weighted by Gasteiger charge is -2.35. The summed E-state index contributed by atoms with van der Waals surface area (Å²) in [7, 11) is -3.67. The molecular weight excluding hydrogens is 454 g/mol. The van der Waals surface area contributed by atoms with Gasteiger partial charge in [-0.2, -0.15) is 4.31 Å². The molecule has 1 unspecified atom stereocenters. The number of carbonyl (C=O) groups excluding carboxylic acids is 1. The molecule has 0 radical (unpaired) electrons. The van der Waals surface area contributed by atoms with Crippen LogP contribution in [0.3, 0.4) is 0 Å². The number of hydrogen-bond acceptors (Lipinski definition) is 6. The van der Waals surface area contributed by atoms with Crippen molar-refractivity contribution in [3.8, 4) is 0 Å². The number of carbonyl (C=O) groups is 1. The highest BCUT2D eigenvalue weighted by molar-refractivity contribution is 7.89. The second-order valence-corrected chi connectivity index (χ2v) is 11.9. The zero-order valence-corrected chi connectivity index (χ0v) is 20.8. The predicted molar refractivity (Wildman–Crippen MR) is 129 cm³/mol. The van der Waals surface area contributed by atoms with Crippen molar-refractivity contribution >= 4 is 21.6 Å². The molecule has 0 saturated carbocycles. The van der Waals surface area contributed by atoms with Crippen molar-refractivity contribution in [3.63, 3.8) is 0 Å². The van der Waals surface area contributed by atoms with E-state index in [4.69, 9.17) is 9.47 Å². The van der Waals surface area contributed by atoms with E-state index in [-0.39, 0.29) is 23.0 Å². The molecule has 5 rings (SSSR count). The smallest absolute Gasteiger partial charge is 0.253 e. The fourth-order valence-corrected chi connectivity index (χ4v) is 7.50. The third kappa shape index (κ3) is 4.98. The second kappa shape index (κ2) is 10.5. The van der Waals surface area contributed by atoms with Crippen molar-refractivity contribution < 1.29 is 22.7 Å². The van der Waals surface area contributed by atoms with Gasteiger partial charge in [-0.1, -0.05) is 6.42 Å². The zero-order valence-electron chi connectivity index (χ0n) is 20.0. The lowest BCUT2D eigenvalue weighted by molar-refractivity contribution is -0.0969. The first-order valence-corrected chi connectivity index (χ1v) is 14.4. The molecule has 4 aliphatic heterocycles. The summed E-state index contributed by atoms with van der Waals surface area (Å²) in [6, 6.07) is 5.32. The molecule has 1 amide bonds. The first-order chi connectivity index (χ1) is 16.5. The maximum absolute atomic E-state index is 13.8. The molecule has 8 nitrogen and oxygen atoms in total. The normalized spacial score (nSPS) is 25.6. The lowest BCUT2D eigenvalue weighted by atomic mass is 9.96. The van der Waals surface area contributed by atoms with Crippen LogP contribution in [0.1, 0.15) is 61.7 Å². The zero-order chi connectivity index (χ0) is 23.5. The number of sulfonamides is 1. The topological polar surface area (TPSA) is 79.4 Å². The molecule has 1 aromatic rings. The Labute approximate surface area is 203 Å². The quantitative estimate of drug-likeness (QED) is 0.630. The van der Waals surface area contributed by atoms with Gasteiger partial charge >= 0.3 is 0 Å². The molecule has 188 valence electrons. The van der Waals surface area contributed by atoms with Crippen LogP contribution in [-0.4, -0.2) is 82.3 Å². The molecule has 34 heavy (non-hydrogen) atoms. The summed E-state index contributed by atoms with van der Waals surface area (Å²) in [4.78, 5) is 17.8. The van der Waals surface area contributed by atoms with Gasteiger partial charge in [0.25, 0.3) is 5.91 Å². The predicted octanol–water partition coefficient (Wildman–Crippen LogP) is 3.08. The van der Waals surface area contributed by atoms with E-state index in [0.717, 1.165) is 63.7 Å². The van der Waals surface area contributed by atoms with E-state index in [2.05, 4.69) is 4.90 Å². The molecule has 4 fully saturated rings. The van der Waals surface area contributed by atoms with Gasteiger partial charge in [0.1, 0.15) is 4.90 Å². The van der Waals surface area contributed by atoms with E-state index in [1.54, 1.807) is 10.4 Å².